The van der Waals surface area contributed by atoms with Gasteiger partial charge in [0.2, 0.25) is 5.91 Å². The number of halogens is 1. The Kier molecular flexibility index (Phi) is 5.85. The van der Waals surface area contributed by atoms with Crippen LogP contribution in [-0.4, -0.2) is 17.0 Å². The largest absolute Gasteiger partial charge is 0.478 e. The molecule has 0 radical (unpaired) electrons. The van der Waals surface area contributed by atoms with Crippen LogP contribution < -0.4 is 5.32 Å². The Morgan fingerprint density at radius 3 is 2.31 bits per heavy atom. The lowest BCUT2D eigenvalue weighted by Gasteiger charge is -2.18. The number of hydrogen-bond donors (Lipinski definition) is 2. The lowest BCUT2D eigenvalue weighted by molar-refractivity contribution is -0.116. The molecule has 4 nitrogen and oxygen atoms in total. The van der Waals surface area contributed by atoms with Crippen molar-refractivity contribution in [1.82, 2.24) is 0 Å². The summed E-state index contributed by atoms with van der Waals surface area (Å²) in [5.74, 6) is -1.38. The van der Waals surface area contributed by atoms with Crippen LogP contribution in [0.3, 0.4) is 0 Å². The lowest BCUT2D eigenvalue weighted by Crippen LogP contribution is -2.17. The van der Waals surface area contributed by atoms with Crippen molar-refractivity contribution in [2.24, 2.45) is 0 Å². The quantitative estimate of drug-likeness (QED) is 0.553. The predicted molar refractivity (Wildman–Crippen MR) is 107 cm³/mol. The Balaban J connectivity index is 1.83. The number of benzene rings is 2. The molecule has 0 saturated carbocycles. The van der Waals surface area contributed by atoms with E-state index in [1.165, 1.54) is 16.7 Å². The molecule has 26 heavy (non-hydrogen) atoms. The van der Waals surface area contributed by atoms with Gasteiger partial charge in [0.25, 0.3) is 0 Å². The minimum absolute atomic E-state index is 0.114. The van der Waals surface area contributed by atoms with Gasteiger partial charge in [0.15, 0.2) is 0 Å². The molecule has 6 heteroatoms. The number of carboxylic acids is 1. The van der Waals surface area contributed by atoms with Crippen LogP contribution in [0.4, 0.5) is 5.69 Å². The summed E-state index contributed by atoms with van der Waals surface area (Å²) in [7, 11) is 0. The van der Waals surface area contributed by atoms with E-state index in [1.54, 1.807) is 5.38 Å². The van der Waals surface area contributed by atoms with Crippen molar-refractivity contribution in [3.8, 4) is 0 Å². The van der Waals surface area contributed by atoms with Gasteiger partial charge in [-0.05, 0) is 23.3 Å². The van der Waals surface area contributed by atoms with Gasteiger partial charge >= 0.3 is 5.97 Å². The Morgan fingerprint density at radius 1 is 1.00 bits per heavy atom. The molecule has 2 N–H and O–H groups in total. The van der Waals surface area contributed by atoms with E-state index in [1.807, 2.05) is 54.6 Å². The molecule has 0 aliphatic carbocycles. The molecule has 3 rings (SSSR count). The summed E-state index contributed by atoms with van der Waals surface area (Å²) in [5.41, 5.74) is 2.52. The zero-order valence-electron chi connectivity index (χ0n) is 13.7. The van der Waals surface area contributed by atoms with Gasteiger partial charge in [-0.2, -0.15) is 0 Å². The molecule has 0 spiro atoms. The first-order valence-corrected chi connectivity index (χ1v) is 9.68. The van der Waals surface area contributed by atoms with E-state index in [0.29, 0.717) is 5.69 Å². The van der Waals surface area contributed by atoms with Crippen molar-refractivity contribution in [3.05, 3.63) is 86.5 Å². The fourth-order valence-corrected chi connectivity index (χ4v) is 3.77. The van der Waals surface area contributed by atoms with E-state index in [0.717, 1.165) is 15.6 Å². The molecule has 0 saturated heterocycles. The summed E-state index contributed by atoms with van der Waals surface area (Å²) in [6.07, 6.45) is 0.223. The molecule has 1 heterocycles. The van der Waals surface area contributed by atoms with Crippen molar-refractivity contribution in [2.75, 3.05) is 5.32 Å². The maximum Gasteiger partial charge on any atom is 0.338 e. The average molecular weight is 430 g/mol. The number of anilines is 1. The van der Waals surface area contributed by atoms with E-state index in [-0.39, 0.29) is 23.8 Å². The molecule has 3 aromatic rings. The second-order valence-corrected chi connectivity index (χ2v) is 7.43. The second kappa shape index (κ2) is 8.29. The standard InChI is InChI=1S/C20H16BrNO3S/c21-15-8-6-14(7-9-15)16(13-4-2-1-3-5-13)10-19(23)22-18-12-26-11-17(18)20(24)25/h1-9,11-12,16H,10H2,(H,22,23)(H,24,25). The topological polar surface area (TPSA) is 66.4 Å². The zero-order chi connectivity index (χ0) is 18.5. The van der Waals surface area contributed by atoms with Gasteiger partial charge in [0, 0.05) is 27.6 Å². The molecule has 1 aromatic heterocycles. The first kappa shape index (κ1) is 18.4. The molecule has 0 aliphatic heterocycles. The molecular weight excluding hydrogens is 414 g/mol. The minimum atomic E-state index is -1.05. The highest BCUT2D eigenvalue weighted by molar-refractivity contribution is 9.10. The Morgan fingerprint density at radius 2 is 1.65 bits per heavy atom. The van der Waals surface area contributed by atoms with Gasteiger partial charge in [0.1, 0.15) is 0 Å². The highest BCUT2D eigenvalue weighted by Crippen LogP contribution is 2.30. The maximum atomic E-state index is 12.6. The van der Waals surface area contributed by atoms with Crippen molar-refractivity contribution in [2.45, 2.75) is 12.3 Å². The molecule has 132 valence electrons. The van der Waals surface area contributed by atoms with Gasteiger partial charge in [-0.25, -0.2) is 4.79 Å². The zero-order valence-corrected chi connectivity index (χ0v) is 16.1. The van der Waals surface area contributed by atoms with Crippen LogP contribution in [0.5, 0.6) is 0 Å². The van der Waals surface area contributed by atoms with Crippen molar-refractivity contribution in [1.29, 1.82) is 0 Å². The third-order valence-corrected chi connectivity index (χ3v) is 5.30. The molecule has 2 aromatic carbocycles. The first-order valence-electron chi connectivity index (χ1n) is 7.94. The third-order valence-electron chi connectivity index (χ3n) is 4.03. The van der Waals surface area contributed by atoms with Crippen molar-refractivity contribution >= 4 is 44.8 Å². The summed E-state index contributed by atoms with van der Waals surface area (Å²) < 4.78 is 0.974. The molecule has 0 fully saturated rings. The number of nitrogens with one attached hydrogen (secondary N) is 1. The van der Waals surface area contributed by atoms with Crippen molar-refractivity contribution in [3.63, 3.8) is 0 Å². The van der Waals surface area contributed by atoms with E-state index >= 15 is 0 Å². The molecule has 1 amide bonds. The van der Waals surface area contributed by atoms with Crippen LogP contribution in [0.2, 0.25) is 0 Å². The minimum Gasteiger partial charge on any atom is -0.478 e. The number of thiophene rings is 1. The fourth-order valence-electron chi connectivity index (χ4n) is 2.75. The summed E-state index contributed by atoms with van der Waals surface area (Å²) in [6.45, 7) is 0. The average Bonchev–Trinajstić information content (AvgIpc) is 3.10. The van der Waals surface area contributed by atoms with Crippen LogP contribution in [0, 0.1) is 0 Å². The normalized spacial score (nSPS) is 11.7. The van der Waals surface area contributed by atoms with E-state index in [9.17, 15) is 14.7 Å². The number of carbonyl (C=O) groups excluding carboxylic acids is 1. The number of carbonyl (C=O) groups is 2. The number of carboxylic acid groups (broad SMARTS) is 1. The van der Waals surface area contributed by atoms with Gasteiger partial charge in [-0.1, -0.05) is 58.4 Å². The highest BCUT2D eigenvalue weighted by Gasteiger charge is 2.20. The number of hydrogen-bond acceptors (Lipinski definition) is 3. The van der Waals surface area contributed by atoms with Gasteiger partial charge in [-0.15, -0.1) is 11.3 Å². The van der Waals surface area contributed by atoms with Gasteiger partial charge in [0.05, 0.1) is 11.3 Å². The molecule has 0 aliphatic rings. The monoisotopic (exact) mass is 429 g/mol. The highest BCUT2D eigenvalue weighted by atomic mass is 79.9. The predicted octanol–water partition coefficient (Wildman–Crippen LogP) is 5.37. The second-order valence-electron chi connectivity index (χ2n) is 5.77. The fraction of sp³-hybridized carbons (Fsp3) is 0.100. The summed E-state index contributed by atoms with van der Waals surface area (Å²) in [6, 6.07) is 17.7. The number of amides is 1. The molecule has 0 bridgehead atoms. The SMILES string of the molecule is O=C(CC(c1ccccc1)c1ccc(Br)cc1)Nc1cscc1C(=O)O. The number of rotatable bonds is 6. The van der Waals surface area contributed by atoms with E-state index in [4.69, 9.17) is 0 Å². The smallest absolute Gasteiger partial charge is 0.338 e. The van der Waals surface area contributed by atoms with Crippen LogP contribution in [0.15, 0.2) is 69.8 Å². The van der Waals surface area contributed by atoms with Crippen LogP contribution in [0.1, 0.15) is 33.8 Å². The third kappa shape index (κ3) is 4.39. The van der Waals surface area contributed by atoms with Crippen molar-refractivity contribution < 1.29 is 14.7 Å². The van der Waals surface area contributed by atoms with Gasteiger partial charge < -0.3 is 10.4 Å². The first-order chi connectivity index (χ1) is 12.5. The molecular formula is C20H16BrNO3S. The van der Waals surface area contributed by atoms with E-state index in [2.05, 4.69) is 21.2 Å². The Bertz CT molecular complexity index is 906. The summed E-state index contributed by atoms with van der Waals surface area (Å²) >= 11 is 4.68. The summed E-state index contributed by atoms with van der Waals surface area (Å²) in [5, 5.41) is 15.1. The van der Waals surface area contributed by atoms with Crippen LogP contribution >= 0.6 is 27.3 Å². The van der Waals surface area contributed by atoms with E-state index < -0.39 is 5.97 Å². The summed E-state index contributed by atoms with van der Waals surface area (Å²) in [4.78, 5) is 23.8. The maximum absolute atomic E-state index is 12.6. The van der Waals surface area contributed by atoms with Crippen LogP contribution in [0.25, 0.3) is 0 Å². The number of aromatic carboxylic acids is 1. The Hall–Kier alpha value is -2.44. The van der Waals surface area contributed by atoms with Crippen LogP contribution in [-0.2, 0) is 4.79 Å². The Labute approximate surface area is 163 Å². The molecule has 1 atom stereocenters. The van der Waals surface area contributed by atoms with Gasteiger partial charge in [-0.3, -0.25) is 4.79 Å². The molecule has 1 unspecified atom stereocenters. The lowest BCUT2D eigenvalue weighted by atomic mass is 9.88.